The van der Waals surface area contributed by atoms with Crippen molar-refractivity contribution in [2.45, 2.75) is 26.1 Å². The Bertz CT molecular complexity index is 1040. The van der Waals surface area contributed by atoms with Crippen LogP contribution in [0.5, 0.6) is 5.75 Å². The molecule has 1 heterocycles. The number of ether oxygens (including phenoxy) is 2. The molecule has 5 nitrogen and oxygen atoms in total. The number of nitrogens with zero attached hydrogens (tertiary/aromatic N) is 1. The lowest BCUT2D eigenvalue weighted by molar-refractivity contribution is 0.0508. The van der Waals surface area contributed by atoms with Crippen LogP contribution in [0, 0.1) is 0 Å². The number of nitrogens with one attached hydrogen (secondary N) is 1. The summed E-state index contributed by atoms with van der Waals surface area (Å²) >= 11 is 0. The monoisotopic (exact) mass is 416 g/mol. The topological polar surface area (TPSA) is 50.8 Å². The largest absolute Gasteiger partial charge is 0.491 e. The van der Waals surface area contributed by atoms with Crippen LogP contribution in [-0.2, 0) is 16.9 Å². The van der Waals surface area contributed by atoms with Gasteiger partial charge in [-0.05, 0) is 43.7 Å². The Morgan fingerprint density at radius 2 is 1.71 bits per heavy atom. The second kappa shape index (κ2) is 9.23. The van der Waals surface area contributed by atoms with Crippen LogP contribution in [0.15, 0.2) is 78.9 Å². The lowest BCUT2D eigenvalue weighted by Crippen LogP contribution is -2.55. The van der Waals surface area contributed by atoms with Gasteiger partial charge in [0.05, 0.1) is 12.2 Å². The Hall–Kier alpha value is -3.31. The highest BCUT2D eigenvalue weighted by Crippen LogP contribution is 2.39. The molecule has 5 heteroatoms. The van der Waals surface area contributed by atoms with Gasteiger partial charge < -0.3 is 19.7 Å². The van der Waals surface area contributed by atoms with Crippen molar-refractivity contribution in [1.82, 2.24) is 4.90 Å². The van der Waals surface area contributed by atoms with Gasteiger partial charge in [0.2, 0.25) is 0 Å². The Morgan fingerprint density at radius 1 is 0.935 bits per heavy atom. The lowest BCUT2D eigenvalue weighted by Gasteiger charge is -2.47. The van der Waals surface area contributed by atoms with E-state index < -0.39 is 5.66 Å². The van der Waals surface area contributed by atoms with Gasteiger partial charge in [0.25, 0.3) is 5.91 Å². The molecule has 0 saturated carbocycles. The number of carbonyl (C=O) groups is 1. The van der Waals surface area contributed by atoms with Crippen molar-refractivity contribution < 1.29 is 14.3 Å². The molecule has 3 aromatic carbocycles. The minimum absolute atomic E-state index is 0.00312. The molecule has 0 spiro atoms. The minimum Gasteiger partial charge on any atom is -0.491 e. The van der Waals surface area contributed by atoms with E-state index in [9.17, 15) is 4.79 Å². The zero-order chi connectivity index (χ0) is 21.7. The van der Waals surface area contributed by atoms with Crippen LogP contribution >= 0.6 is 0 Å². The Morgan fingerprint density at radius 3 is 2.52 bits per heavy atom. The quantitative estimate of drug-likeness (QED) is 0.523. The third-order valence-electron chi connectivity index (χ3n) is 5.60. The highest BCUT2D eigenvalue weighted by molar-refractivity contribution is 6.02. The van der Waals surface area contributed by atoms with E-state index in [1.807, 2.05) is 97.6 Å². The normalized spacial score (nSPS) is 17.7. The van der Waals surface area contributed by atoms with Gasteiger partial charge in [-0.2, -0.15) is 0 Å². The fourth-order valence-corrected chi connectivity index (χ4v) is 3.93. The SMILES string of the molecule is CCOCCOc1cccc(C2(C)Nc3ccccc3C(=O)N2Cc2ccccc2)c1. The number of rotatable bonds is 8. The summed E-state index contributed by atoms with van der Waals surface area (Å²) in [6.07, 6.45) is 0. The van der Waals surface area contributed by atoms with Crippen LogP contribution in [0.4, 0.5) is 5.69 Å². The van der Waals surface area contributed by atoms with Crippen LogP contribution < -0.4 is 10.1 Å². The standard InChI is InChI=1S/C26H28N2O3/c1-3-30-16-17-31-22-13-9-12-21(18-22)26(2)27-24-15-8-7-14-23(24)25(29)28(26)19-20-10-5-4-6-11-20/h4-15,18,27H,3,16-17,19H2,1-2H3. The first-order valence-corrected chi connectivity index (χ1v) is 10.7. The zero-order valence-corrected chi connectivity index (χ0v) is 18.0. The fraction of sp³-hybridized carbons (Fsp3) is 0.269. The molecule has 160 valence electrons. The van der Waals surface area contributed by atoms with E-state index in [0.29, 0.717) is 31.9 Å². The van der Waals surface area contributed by atoms with Crippen molar-refractivity contribution in [3.8, 4) is 5.75 Å². The van der Waals surface area contributed by atoms with Gasteiger partial charge >= 0.3 is 0 Å². The Balaban J connectivity index is 1.69. The number of hydrogen-bond donors (Lipinski definition) is 1. The first-order valence-electron chi connectivity index (χ1n) is 10.7. The van der Waals surface area contributed by atoms with Gasteiger partial charge in [0, 0.05) is 24.4 Å². The van der Waals surface area contributed by atoms with E-state index in [1.165, 1.54) is 0 Å². The second-order valence-corrected chi connectivity index (χ2v) is 7.69. The Labute approximate surface area is 183 Å². The maximum atomic E-state index is 13.6. The molecule has 0 saturated heterocycles. The summed E-state index contributed by atoms with van der Waals surface area (Å²) < 4.78 is 11.2. The third-order valence-corrected chi connectivity index (χ3v) is 5.60. The molecule has 0 aromatic heterocycles. The number of amides is 1. The Kier molecular flexibility index (Phi) is 6.23. The van der Waals surface area contributed by atoms with Gasteiger partial charge in [-0.1, -0.05) is 54.6 Å². The van der Waals surface area contributed by atoms with Gasteiger partial charge in [-0.15, -0.1) is 0 Å². The molecule has 3 aromatic rings. The van der Waals surface area contributed by atoms with Crippen molar-refractivity contribution in [1.29, 1.82) is 0 Å². The zero-order valence-electron chi connectivity index (χ0n) is 18.0. The third kappa shape index (κ3) is 4.42. The molecule has 1 atom stereocenters. The van der Waals surface area contributed by atoms with Crippen LogP contribution in [0.2, 0.25) is 0 Å². The first-order chi connectivity index (χ1) is 15.1. The molecule has 0 bridgehead atoms. The number of fused-ring (bicyclic) bond motifs is 1. The average molecular weight is 417 g/mol. The summed E-state index contributed by atoms with van der Waals surface area (Å²) in [5.41, 5.74) is 2.81. The van der Waals surface area contributed by atoms with E-state index in [4.69, 9.17) is 9.47 Å². The summed E-state index contributed by atoms with van der Waals surface area (Å²) in [6, 6.07) is 25.6. The van der Waals surface area contributed by atoms with Crippen LogP contribution in [0.3, 0.4) is 0 Å². The number of benzene rings is 3. The maximum absolute atomic E-state index is 13.6. The van der Waals surface area contributed by atoms with Crippen LogP contribution in [0.25, 0.3) is 0 Å². The van der Waals surface area contributed by atoms with Gasteiger partial charge in [-0.25, -0.2) is 0 Å². The van der Waals surface area contributed by atoms with Gasteiger partial charge in [0.15, 0.2) is 0 Å². The van der Waals surface area contributed by atoms with Crippen molar-refractivity contribution in [2.24, 2.45) is 0 Å². The highest BCUT2D eigenvalue weighted by atomic mass is 16.5. The number of para-hydroxylation sites is 1. The molecule has 1 unspecified atom stereocenters. The van der Waals surface area contributed by atoms with Crippen LogP contribution in [-0.4, -0.2) is 30.6 Å². The van der Waals surface area contributed by atoms with E-state index in [2.05, 4.69) is 5.32 Å². The van der Waals surface area contributed by atoms with Crippen molar-refractivity contribution in [3.63, 3.8) is 0 Å². The van der Waals surface area contributed by atoms with Crippen LogP contribution in [0.1, 0.15) is 35.3 Å². The fourth-order valence-electron chi connectivity index (χ4n) is 3.93. The molecule has 0 radical (unpaired) electrons. The van der Waals surface area contributed by atoms with Gasteiger partial charge in [0.1, 0.15) is 18.0 Å². The smallest absolute Gasteiger partial charge is 0.258 e. The molecular weight excluding hydrogens is 388 g/mol. The minimum atomic E-state index is -0.736. The van der Waals surface area contributed by atoms with E-state index in [1.54, 1.807) is 0 Å². The molecule has 0 fully saturated rings. The molecule has 4 rings (SSSR count). The van der Waals surface area contributed by atoms with E-state index in [-0.39, 0.29) is 5.91 Å². The first kappa shape index (κ1) is 20.9. The summed E-state index contributed by atoms with van der Waals surface area (Å²) in [5.74, 6) is 0.759. The molecule has 1 N–H and O–H groups in total. The van der Waals surface area contributed by atoms with Gasteiger partial charge in [-0.3, -0.25) is 4.79 Å². The number of carbonyl (C=O) groups excluding carboxylic acids is 1. The van der Waals surface area contributed by atoms with E-state index >= 15 is 0 Å². The van der Waals surface area contributed by atoms with Crippen molar-refractivity contribution in [3.05, 3.63) is 95.6 Å². The second-order valence-electron chi connectivity index (χ2n) is 7.69. The maximum Gasteiger partial charge on any atom is 0.258 e. The summed E-state index contributed by atoms with van der Waals surface area (Å²) in [6.45, 7) is 6.20. The average Bonchev–Trinajstić information content (AvgIpc) is 2.80. The number of anilines is 1. The molecule has 1 aliphatic heterocycles. The summed E-state index contributed by atoms with van der Waals surface area (Å²) in [7, 11) is 0. The highest BCUT2D eigenvalue weighted by Gasteiger charge is 2.42. The van der Waals surface area contributed by atoms with Crippen molar-refractivity contribution in [2.75, 3.05) is 25.1 Å². The predicted octanol–water partition coefficient (Wildman–Crippen LogP) is 5.04. The van der Waals surface area contributed by atoms with E-state index in [0.717, 1.165) is 22.6 Å². The molecule has 1 amide bonds. The summed E-state index contributed by atoms with van der Waals surface area (Å²) in [4.78, 5) is 15.5. The molecule has 31 heavy (non-hydrogen) atoms. The predicted molar refractivity (Wildman–Crippen MR) is 122 cm³/mol. The van der Waals surface area contributed by atoms with Crippen molar-refractivity contribution >= 4 is 11.6 Å². The summed E-state index contributed by atoms with van der Waals surface area (Å²) in [5, 5.41) is 3.62. The number of hydrogen-bond acceptors (Lipinski definition) is 4. The molecular formula is C26H28N2O3. The molecule has 1 aliphatic rings. The lowest BCUT2D eigenvalue weighted by atomic mass is 9.92. The molecule has 0 aliphatic carbocycles.